The normalized spacial score (nSPS) is 10.5. The van der Waals surface area contributed by atoms with Gasteiger partial charge in [0, 0.05) is 5.69 Å². The van der Waals surface area contributed by atoms with Crippen LogP contribution in [0.3, 0.4) is 0 Å². The van der Waals surface area contributed by atoms with Gasteiger partial charge in [0.05, 0.1) is 16.6 Å². The molecule has 0 saturated heterocycles. The van der Waals surface area contributed by atoms with Crippen LogP contribution in [0.15, 0.2) is 55.1 Å². The van der Waals surface area contributed by atoms with Gasteiger partial charge in [-0.1, -0.05) is 18.7 Å². The van der Waals surface area contributed by atoms with Crippen molar-refractivity contribution < 1.29 is 9.90 Å². The first-order valence-electron chi connectivity index (χ1n) is 6.39. The van der Waals surface area contributed by atoms with E-state index in [1.165, 1.54) is 12.1 Å². The molecule has 1 aromatic heterocycles. The van der Waals surface area contributed by atoms with Gasteiger partial charge in [0.2, 0.25) is 5.91 Å². The molecule has 0 unspecified atom stereocenters. The topological polar surface area (TPSA) is 78.0 Å². The molecular weight excluding hydrogens is 266 g/mol. The van der Waals surface area contributed by atoms with Crippen molar-refractivity contribution in [3.63, 3.8) is 0 Å². The van der Waals surface area contributed by atoms with Crippen molar-refractivity contribution in [3.05, 3.63) is 55.1 Å². The molecular formula is C16H13N3O2. The van der Waals surface area contributed by atoms with Crippen molar-refractivity contribution >= 4 is 22.6 Å². The summed E-state index contributed by atoms with van der Waals surface area (Å²) in [7, 11) is 0. The van der Waals surface area contributed by atoms with Crippen molar-refractivity contribution in [2.24, 2.45) is 0 Å². The zero-order valence-electron chi connectivity index (χ0n) is 11.1. The number of imidazole rings is 1. The van der Waals surface area contributed by atoms with Crippen LogP contribution in [0.1, 0.15) is 0 Å². The number of nitrogens with zero attached hydrogens (tertiary/aromatic N) is 1. The molecule has 1 heterocycles. The van der Waals surface area contributed by atoms with Crippen LogP contribution in [-0.2, 0) is 4.79 Å². The molecule has 1 amide bonds. The van der Waals surface area contributed by atoms with Gasteiger partial charge in [-0.15, -0.1) is 0 Å². The maximum Gasteiger partial charge on any atom is 0.247 e. The number of hydrogen-bond acceptors (Lipinski definition) is 3. The third-order valence-corrected chi connectivity index (χ3v) is 3.09. The van der Waals surface area contributed by atoms with Crippen molar-refractivity contribution in [2.45, 2.75) is 0 Å². The van der Waals surface area contributed by atoms with Gasteiger partial charge in [0.25, 0.3) is 0 Å². The lowest BCUT2D eigenvalue weighted by molar-refractivity contribution is -0.111. The second-order valence-corrected chi connectivity index (χ2v) is 4.53. The number of fused-ring (bicyclic) bond motifs is 1. The number of nitrogens with one attached hydrogen (secondary N) is 2. The fourth-order valence-electron chi connectivity index (χ4n) is 2.08. The number of phenolic OH excluding ortho intramolecular Hbond substituents is 1. The molecule has 3 N–H and O–H groups in total. The minimum Gasteiger partial charge on any atom is -0.507 e. The Balaban J connectivity index is 2.06. The Morgan fingerprint density at radius 2 is 2.10 bits per heavy atom. The second kappa shape index (κ2) is 5.13. The van der Waals surface area contributed by atoms with Gasteiger partial charge < -0.3 is 15.4 Å². The van der Waals surface area contributed by atoms with Crippen LogP contribution in [0.25, 0.3) is 22.4 Å². The maximum atomic E-state index is 11.3. The highest BCUT2D eigenvalue weighted by Gasteiger charge is 2.11. The Morgan fingerprint density at radius 1 is 1.29 bits per heavy atom. The summed E-state index contributed by atoms with van der Waals surface area (Å²) in [5, 5.41) is 12.7. The summed E-state index contributed by atoms with van der Waals surface area (Å²) in [5.74, 6) is 0.324. The third kappa shape index (κ3) is 2.49. The summed E-state index contributed by atoms with van der Waals surface area (Å²) < 4.78 is 0. The number of aromatic amines is 1. The van der Waals surface area contributed by atoms with Gasteiger partial charge in [-0.05, 0) is 36.4 Å². The fourth-order valence-corrected chi connectivity index (χ4v) is 2.08. The Hall–Kier alpha value is -3.08. The number of phenols is 1. The molecule has 5 heteroatoms. The van der Waals surface area contributed by atoms with E-state index in [0.29, 0.717) is 17.1 Å². The van der Waals surface area contributed by atoms with Crippen molar-refractivity contribution in [3.8, 4) is 17.1 Å². The SMILES string of the molecule is C=CC(=O)Nc1ccc(O)c(-c2nc3ccccc3[nH]2)c1. The predicted octanol–water partition coefficient (Wildman–Crippen LogP) is 3.06. The summed E-state index contributed by atoms with van der Waals surface area (Å²) in [5.41, 5.74) is 2.78. The van der Waals surface area contributed by atoms with E-state index in [1.807, 2.05) is 24.3 Å². The Bertz CT molecular complexity index is 803. The summed E-state index contributed by atoms with van der Waals surface area (Å²) in [6.45, 7) is 3.40. The molecule has 0 aliphatic rings. The van der Waals surface area contributed by atoms with E-state index >= 15 is 0 Å². The predicted molar refractivity (Wildman–Crippen MR) is 82.0 cm³/mol. The average molecular weight is 279 g/mol. The van der Waals surface area contributed by atoms with Gasteiger partial charge in [0.1, 0.15) is 11.6 Å². The van der Waals surface area contributed by atoms with Crippen LogP contribution >= 0.6 is 0 Å². The van der Waals surface area contributed by atoms with Gasteiger partial charge in [-0.3, -0.25) is 4.79 Å². The fraction of sp³-hybridized carbons (Fsp3) is 0. The van der Waals surface area contributed by atoms with Gasteiger partial charge in [0.15, 0.2) is 0 Å². The van der Waals surface area contributed by atoms with E-state index in [4.69, 9.17) is 0 Å². The summed E-state index contributed by atoms with van der Waals surface area (Å²) >= 11 is 0. The highest BCUT2D eigenvalue weighted by atomic mass is 16.3. The van der Waals surface area contributed by atoms with E-state index in [2.05, 4.69) is 21.9 Å². The standard InChI is InChI=1S/C16H13N3O2/c1-2-15(21)17-10-7-8-14(20)11(9-10)16-18-12-5-3-4-6-13(12)19-16/h2-9,20H,1H2,(H,17,21)(H,18,19). The lowest BCUT2D eigenvalue weighted by atomic mass is 10.1. The summed E-state index contributed by atoms with van der Waals surface area (Å²) in [6.07, 6.45) is 1.19. The molecule has 0 spiro atoms. The Kier molecular flexibility index (Phi) is 3.16. The van der Waals surface area contributed by atoms with E-state index in [9.17, 15) is 9.90 Å². The smallest absolute Gasteiger partial charge is 0.247 e. The first kappa shape index (κ1) is 12.9. The molecule has 5 nitrogen and oxygen atoms in total. The number of anilines is 1. The first-order chi connectivity index (χ1) is 10.2. The molecule has 3 rings (SSSR count). The van der Waals surface area contributed by atoms with Crippen molar-refractivity contribution in [2.75, 3.05) is 5.32 Å². The molecule has 0 aliphatic carbocycles. The summed E-state index contributed by atoms with van der Waals surface area (Å²) in [4.78, 5) is 18.9. The van der Waals surface area contributed by atoms with Crippen LogP contribution < -0.4 is 5.32 Å². The monoisotopic (exact) mass is 279 g/mol. The molecule has 0 atom stereocenters. The van der Waals surface area contributed by atoms with Gasteiger partial charge in [-0.2, -0.15) is 0 Å². The van der Waals surface area contributed by atoms with E-state index in [0.717, 1.165) is 11.0 Å². The van der Waals surface area contributed by atoms with Gasteiger partial charge in [-0.25, -0.2) is 4.98 Å². The number of H-pyrrole nitrogens is 1. The highest BCUT2D eigenvalue weighted by Crippen LogP contribution is 2.31. The molecule has 3 aromatic rings. The minimum absolute atomic E-state index is 0.0886. The lowest BCUT2D eigenvalue weighted by Gasteiger charge is -2.06. The number of aromatic nitrogens is 2. The first-order valence-corrected chi connectivity index (χ1v) is 6.39. The number of para-hydroxylation sites is 2. The van der Waals surface area contributed by atoms with Crippen molar-refractivity contribution in [1.82, 2.24) is 9.97 Å². The van der Waals surface area contributed by atoms with E-state index in [-0.39, 0.29) is 11.7 Å². The largest absolute Gasteiger partial charge is 0.507 e. The number of aromatic hydroxyl groups is 1. The quantitative estimate of drug-likeness (QED) is 0.509. The molecule has 0 saturated carbocycles. The molecule has 2 aromatic carbocycles. The van der Waals surface area contributed by atoms with Crippen LogP contribution in [0, 0.1) is 0 Å². The molecule has 21 heavy (non-hydrogen) atoms. The number of benzene rings is 2. The molecule has 0 aliphatic heterocycles. The van der Waals surface area contributed by atoms with Crippen LogP contribution in [0.4, 0.5) is 5.69 Å². The molecule has 0 radical (unpaired) electrons. The van der Waals surface area contributed by atoms with Crippen LogP contribution in [0.5, 0.6) is 5.75 Å². The van der Waals surface area contributed by atoms with E-state index < -0.39 is 0 Å². The molecule has 0 fully saturated rings. The highest BCUT2D eigenvalue weighted by molar-refractivity contribution is 5.99. The number of rotatable bonds is 3. The second-order valence-electron chi connectivity index (χ2n) is 4.53. The number of amides is 1. The number of carbonyl (C=O) groups excluding carboxylic acids is 1. The van der Waals surface area contributed by atoms with Crippen LogP contribution in [-0.4, -0.2) is 21.0 Å². The lowest BCUT2D eigenvalue weighted by Crippen LogP contribution is -2.07. The molecule has 0 bridgehead atoms. The number of hydrogen-bond donors (Lipinski definition) is 3. The maximum absolute atomic E-state index is 11.3. The van der Waals surface area contributed by atoms with Crippen LogP contribution in [0.2, 0.25) is 0 Å². The Labute approximate surface area is 121 Å². The minimum atomic E-state index is -0.309. The zero-order valence-corrected chi connectivity index (χ0v) is 11.1. The van der Waals surface area contributed by atoms with Gasteiger partial charge >= 0.3 is 0 Å². The number of carbonyl (C=O) groups is 1. The third-order valence-electron chi connectivity index (χ3n) is 3.09. The van der Waals surface area contributed by atoms with Crippen molar-refractivity contribution in [1.29, 1.82) is 0 Å². The zero-order chi connectivity index (χ0) is 14.8. The van der Waals surface area contributed by atoms with E-state index in [1.54, 1.807) is 12.1 Å². The Morgan fingerprint density at radius 3 is 2.86 bits per heavy atom. The average Bonchev–Trinajstić information content (AvgIpc) is 2.92. The summed E-state index contributed by atoms with van der Waals surface area (Å²) in [6, 6.07) is 12.4. The molecule has 104 valence electrons.